The van der Waals surface area contributed by atoms with Gasteiger partial charge in [-0.15, -0.1) is 0 Å². The molecule has 0 aromatic heterocycles. The van der Waals surface area contributed by atoms with Gasteiger partial charge in [-0.3, -0.25) is 0 Å². The van der Waals surface area contributed by atoms with E-state index < -0.39 is 58.6 Å². The van der Waals surface area contributed by atoms with Crippen LogP contribution in [0.25, 0.3) is 39.8 Å². The van der Waals surface area contributed by atoms with Crippen LogP contribution < -0.4 is 32.8 Å². The third-order valence-electron chi connectivity index (χ3n) is 9.79. The monoisotopic (exact) mass is 1520 g/mol. The standard InChI is InChI=1S/8C7H7N2.4AsFH2O3/c8*1-6-4-2-3-5-7(6)9-8;4*2-1(3,4)5/h8*2-5H,1H3;4*(H2,3,4,5)/q8*+1;;;;/p-8. The summed E-state index contributed by atoms with van der Waals surface area (Å²) in [6, 6.07) is 59.2. The van der Waals surface area contributed by atoms with Crippen LogP contribution in [0.1, 0.15) is 44.5 Å². The molecule has 0 heterocycles. The van der Waals surface area contributed by atoms with Gasteiger partial charge in [0.1, 0.15) is 0 Å². The fraction of sp³-hybridized carbons (Fsp3) is 0.143. The Morgan fingerprint density at radius 2 is 0.283 bits per heavy atom. The number of rotatable bonds is 0. The van der Waals surface area contributed by atoms with Gasteiger partial charge in [-0.2, -0.15) is 0 Å². The molecule has 28 nitrogen and oxygen atoms in total. The van der Waals surface area contributed by atoms with Gasteiger partial charge in [0.05, 0.1) is 0 Å². The molecule has 0 unspecified atom stereocenters. The zero-order valence-electron chi connectivity index (χ0n) is 49.8. The third-order valence-corrected chi connectivity index (χ3v) is 9.79. The average molecular weight is 1520 g/mol. The molecule has 0 fully saturated rings. The molecule has 0 aliphatic rings. The van der Waals surface area contributed by atoms with Gasteiger partial charge in [0, 0.05) is 93.0 Å². The molecule has 0 aliphatic carbocycles. The number of hydrogen-bond acceptors (Lipinski definition) is 20. The Bertz CT molecular complexity index is 3330. The average Bonchev–Trinajstić information content (AvgIpc) is 3.70. The molecule has 480 valence electrons. The maximum absolute atomic E-state index is 10.2. The molecular weight excluding hydrogens is 1460 g/mol. The summed E-state index contributed by atoms with van der Waals surface area (Å²) in [7, 11) is 0. The second-order valence-electron chi connectivity index (χ2n) is 16.8. The minimum absolute atomic E-state index is 0.637. The van der Waals surface area contributed by atoms with Crippen LogP contribution >= 0.6 is 0 Å². The number of aryl methyl sites for hydroxylation is 8. The molecule has 0 aliphatic heterocycles. The first-order chi connectivity index (χ1) is 42.7. The second-order valence-corrected chi connectivity index (χ2v) is 24.0. The summed E-state index contributed by atoms with van der Waals surface area (Å²) in [6.45, 7) is 15.2. The van der Waals surface area contributed by atoms with E-state index in [1.807, 2.05) is 201 Å². The molecule has 0 saturated carbocycles. The van der Waals surface area contributed by atoms with Crippen LogP contribution in [0.3, 0.4) is 0 Å². The van der Waals surface area contributed by atoms with E-state index in [0.717, 1.165) is 44.5 Å². The van der Waals surface area contributed by atoms with Crippen LogP contribution in [0.2, 0.25) is 0 Å². The minimum atomic E-state index is -6.12. The van der Waals surface area contributed by atoms with Gasteiger partial charge < -0.3 is 0 Å². The van der Waals surface area contributed by atoms with Crippen LogP contribution in [0, 0.1) is 98.5 Å². The zero-order chi connectivity index (χ0) is 71.5. The van der Waals surface area contributed by atoms with E-state index >= 15 is 0 Å². The summed E-state index contributed by atoms with van der Waals surface area (Å²) >= 11 is -24.5. The number of nitrogens with zero attached hydrogens (tertiary/aromatic N) is 16. The van der Waals surface area contributed by atoms with Crippen molar-refractivity contribution < 1.29 is 61.6 Å². The predicted octanol–water partition coefficient (Wildman–Crippen LogP) is 10.0. The molecule has 8 aromatic carbocycles. The van der Waals surface area contributed by atoms with E-state index in [9.17, 15) is 13.9 Å². The van der Waals surface area contributed by atoms with Crippen LogP contribution in [0.5, 0.6) is 0 Å². The summed E-state index contributed by atoms with van der Waals surface area (Å²) in [6.07, 6.45) is 0. The van der Waals surface area contributed by atoms with Gasteiger partial charge in [-0.05, 0) is 55.4 Å². The van der Waals surface area contributed by atoms with Crippen LogP contribution in [0.15, 0.2) is 194 Å². The summed E-state index contributed by atoms with van der Waals surface area (Å²) in [4.78, 5) is 24.6. The molecule has 8 rings (SSSR count). The van der Waals surface area contributed by atoms with Crippen molar-refractivity contribution in [1.82, 2.24) is 0 Å². The number of hydrogen-bond donors (Lipinski definition) is 0. The Labute approximate surface area is 539 Å². The van der Waals surface area contributed by atoms with E-state index in [1.54, 1.807) is 48.5 Å². The molecule has 0 atom stereocenters. The summed E-state index contributed by atoms with van der Waals surface area (Å²) in [5.74, 6) is 0. The number of benzene rings is 8. The summed E-state index contributed by atoms with van der Waals surface area (Å²) in [5, 5.41) is 66.7. The first-order valence-electron chi connectivity index (χ1n) is 24.9. The van der Waals surface area contributed by atoms with Crippen molar-refractivity contribution >= 4 is 104 Å². The molecule has 8 aromatic rings. The summed E-state index contributed by atoms with van der Waals surface area (Å²) < 4.78 is 143. The number of diazo groups is 8. The van der Waals surface area contributed by atoms with Crippen LogP contribution in [-0.2, 0) is 15.0 Å². The molecule has 0 radical (unpaired) electrons. The van der Waals surface area contributed by atoms with Gasteiger partial charge in [-0.25, -0.2) is 0 Å². The molecule has 0 saturated heterocycles. The normalized spacial score (nSPS) is 9.17. The molecule has 0 amide bonds. The quantitative estimate of drug-likeness (QED) is 0.0773. The first kappa shape index (κ1) is 88.4. The van der Waals surface area contributed by atoms with Crippen LogP contribution in [0.4, 0.5) is 59.4 Å². The van der Waals surface area contributed by atoms with Crippen LogP contribution in [-0.4, -0.2) is 58.6 Å². The molecule has 36 heteroatoms. The first-order valence-corrected chi connectivity index (χ1v) is 36.9. The molecule has 0 N–H and O–H groups in total. The fourth-order valence-electron chi connectivity index (χ4n) is 5.40. The summed E-state index contributed by atoms with van der Waals surface area (Å²) in [5.41, 5.74) is 13.0. The Morgan fingerprint density at radius 1 is 0.217 bits per heavy atom. The van der Waals surface area contributed by atoms with Crippen molar-refractivity contribution in [3.05, 3.63) is 278 Å². The Balaban J connectivity index is -0.000000463. The van der Waals surface area contributed by atoms with E-state index in [1.165, 1.54) is 0 Å². The van der Waals surface area contributed by atoms with Gasteiger partial charge in [0.15, 0.2) is 39.8 Å². The number of halogens is 4. The van der Waals surface area contributed by atoms with Crippen molar-refractivity contribution in [3.8, 4) is 0 Å². The molecule has 92 heavy (non-hydrogen) atoms. The third kappa shape index (κ3) is 56.5. The van der Waals surface area contributed by atoms with E-state index in [4.69, 9.17) is 90.9 Å². The Morgan fingerprint density at radius 3 is 0.326 bits per heavy atom. The topological polar surface area (TPSA) is 478 Å². The van der Waals surface area contributed by atoms with Crippen molar-refractivity contribution in [3.63, 3.8) is 0 Å². The Kier molecular flexibility index (Phi) is 47.8. The zero-order valence-corrected chi connectivity index (χ0v) is 57.3. The maximum atomic E-state index is 10.2. The van der Waals surface area contributed by atoms with Crippen molar-refractivity contribution in [1.29, 1.82) is 43.1 Å². The fourth-order valence-corrected chi connectivity index (χ4v) is 5.40. The van der Waals surface area contributed by atoms with Gasteiger partial charge in [0.2, 0.25) is 43.1 Å². The molecular formula is C56H56As4F4N16O12. The van der Waals surface area contributed by atoms with Gasteiger partial charge in [-0.1, -0.05) is 146 Å². The van der Waals surface area contributed by atoms with Crippen molar-refractivity contribution in [2.45, 2.75) is 55.4 Å². The van der Waals surface area contributed by atoms with E-state index in [-0.39, 0.29) is 0 Å². The molecule has 0 bridgehead atoms. The second kappa shape index (κ2) is 49.8. The molecule has 0 spiro atoms. The van der Waals surface area contributed by atoms with Crippen molar-refractivity contribution in [2.75, 3.05) is 0 Å². The Hall–Kier alpha value is -10.0. The van der Waals surface area contributed by atoms with E-state index in [0.29, 0.717) is 45.5 Å². The van der Waals surface area contributed by atoms with E-state index in [2.05, 4.69) is 39.8 Å². The van der Waals surface area contributed by atoms with Crippen molar-refractivity contribution in [2.24, 2.45) is 0 Å². The van der Waals surface area contributed by atoms with Gasteiger partial charge in [0.25, 0.3) is 0 Å². The van der Waals surface area contributed by atoms with Gasteiger partial charge >= 0.3 is 166 Å². The SMILES string of the molecule is Cc1ccccc1[N+]#N.Cc1ccccc1[N+]#N.Cc1ccccc1[N+]#N.Cc1ccccc1[N+]#N.Cc1ccccc1[N+]#N.Cc1ccccc1[N+]#N.Cc1ccccc1[N+]#N.Cc1ccccc1[N+]#N.O=[As]([O-])([O-])F.O=[As]([O-])([O-])F.O=[As]([O-])([O-])F.O=[As]([O-])([O-])F. The predicted molar refractivity (Wildman–Crippen MR) is 318 cm³/mol.